The van der Waals surface area contributed by atoms with Crippen molar-refractivity contribution in [2.75, 3.05) is 6.26 Å². The standard InChI is InChI=1S/C11H7Cl3N2OS/c1-18-11-15-9(14)5-10(16-11)17-8-4-6(12)2-3-7(8)13/h2-5H,1H3. The van der Waals surface area contributed by atoms with Crippen molar-refractivity contribution in [1.29, 1.82) is 0 Å². The molecule has 0 saturated carbocycles. The number of rotatable bonds is 3. The first kappa shape index (κ1) is 13.7. The predicted molar refractivity (Wildman–Crippen MR) is 75.4 cm³/mol. The number of ether oxygens (including phenoxy) is 1. The van der Waals surface area contributed by atoms with Crippen LogP contribution in [0.4, 0.5) is 0 Å². The molecule has 0 aliphatic heterocycles. The molecule has 0 N–H and O–H groups in total. The second kappa shape index (κ2) is 5.97. The first-order valence-corrected chi connectivity index (χ1v) is 7.16. The third-order valence-corrected chi connectivity index (χ3v) is 3.23. The minimum atomic E-state index is 0.308. The lowest BCUT2D eigenvalue weighted by atomic mass is 10.3. The Bertz CT molecular complexity index is 580. The summed E-state index contributed by atoms with van der Waals surface area (Å²) in [5, 5.41) is 1.80. The van der Waals surface area contributed by atoms with E-state index in [1.54, 1.807) is 18.2 Å². The van der Waals surface area contributed by atoms with E-state index in [1.165, 1.54) is 17.8 Å². The zero-order valence-electron chi connectivity index (χ0n) is 9.15. The van der Waals surface area contributed by atoms with E-state index >= 15 is 0 Å². The molecule has 0 saturated heterocycles. The Hall–Kier alpha value is -0.680. The first-order valence-electron chi connectivity index (χ1n) is 4.80. The Balaban J connectivity index is 2.33. The van der Waals surface area contributed by atoms with Gasteiger partial charge in [0.15, 0.2) is 5.16 Å². The van der Waals surface area contributed by atoms with Gasteiger partial charge in [0.05, 0.1) is 5.02 Å². The molecular weight excluding hydrogens is 315 g/mol. The summed E-state index contributed by atoms with van der Waals surface area (Å²) in [6.07, 6.45) is 1.85. The van der Waals surface area contributed by atoms with E-state index in [-0.39, 0.29) is 0 Å². The van der Waals surface area contributed by atoms with Crippen LogP contribution in [-0.2, 0) is 0 Å². The van der Waals surface area contributed by atoms with Crippen LogP contribution in [0, 0.1) is 0 Å². The van der Waals surface area contributed by atoms with Gasteiger partial charge in [0.2, 0.25) is 5.88 Å². The van der Waals surface area contributed by atoms with Crippen LogP contribution in [0.1, 0.15) is 0 Å². The topological polar surface area (TPSA) is 35.0 Å². The van der Waals surface area contributed by atoms with Gasteiger partial charge in [-0.05, 0) is 18.4 Å². The van der Waals surface area contributed by atoms with Crippen molar-refractivity contribution in [3.8, 4) is 11.6 Å². The molecule has 3 nitrogen and oxygen atoms in total. The van der Waals surface area contributed by atoms with E-state index in [4.69, 9.17) is 39.5 Å². The zero-order valence-corrected chi connectivity index (χ0v) is 12.2. The van der Waals surface area contributed by atoms with Crippen LogP contribution in [0.15, 0.2) is 29.4 Å². The Kier molecular flexibility index (Phi) is 4.56. The van der Waals surface area contributed by atoms with Crippen LogP contribution in [0.5, 0.6) is 11.6 Å². The van der Waals surface area contributed by atoms with E-state index < -0.39 is 0 Å². The number of halogens is 3. The van der Waals surface area contributed by atoms with Crippen molar-refractivity contribution in [1.82, 2.24) is 9.97 Å². The maximum Gasteiger partial charge on any atom is 0.224 e. The SMILES string of the molecule is CSc1nc(Cl)cc(Oc2cc(Cl)ccc2Cl)n1. The summed E-state index contributed by atoms with van der Waals surface area (Å²) in [4.78, 5) is 8.17. The minimum Gasteiger partial charge on any atom is -0.437 e. The molecule has 0 unspecified atom stereocenters. The van der Waals surface area contributed by atoms with Crippen molar-refractivity contribution >= 4 is 46.6 Å². The average molecular weight is 322 g/mol. The largest absolute Gasteiger partial charge is 0.437 e. The molecule has 1 heterocycles. The molecule has 0 aliphatic carbocycles. The molecular formula is C11H7Cl3N2OS. The second-order valence-corrected chi connectivity index (χ2v) is 5.20. The molecule has 0 bridgehead atoms. The molecule has 94 valence electrons. The number of thioether (sulfide) groups is 1. The third kappa shape index (κ3) is 3.42. The molecule has 7 heteroatoms. The summed E-state index contributed by atoms with van der Waals surface area (Å²) < 4.78 is 5.55. The summed E-state index contributed by atoms with van der Waals surface area (Å²) in [7, 11) is 0. The zero-order chi connectivity index (χ0) is 13.1. The summed E-state index contributed by atoms with van der Waals surface area (Å²) in [5.41, 5.74) is 0. The molecule has 0 aliphatic rings. The van der Waals surface area contributed by atoms with Crippen LogP contribution in [0.25, 0.3) is 0 Å². The highest BCUT2D eigenvalue weighted by Gasteiger charge is 2.08. The smallest absolute Gasteiger partial charge is 0.224 e. The van der Waals surface area contributed by atoms with Crippen molar-refractivity contribution in [3.63, 3.8) is 0 Å². The van der Waals surface area contributed by atoms with E-state index in [0.29, 0.717) is 32.0 Å². The normalized spacial score (nSPS) is 10.4. The maximum atomic E-state index is 5.99. The van der Waals surface area contributed by atoms with Crippen molar-refractivity contribution in [3.05, 3.63) is 39.5 Å². The summed E-state index contributed by atoms with van der Waals surface area (Å²) in [5.74, 6) is 0.745. The lowest BCUT2D eigenvalue weighted by Crippen LogP contribution is -1.93. The van der Waals surface area contributed by atoms with Gasteiger partial charge in [0.25, 0.3) is 0 Å². The lowest BCUT2D eigenvalue weighted by molar-refractivity contribution is 0.456. The van der Waals surface area contributed by atoms with E-state index in [2.05, 4.69) is 9.97 Å². The van der Waals surface area contributed by atoms with E-state index in [0.717, 1.165) is 0 Å². The maximum absolute atomic E-state index is 5.99. The number of hydrogen-bond donors (Lipinski definition) is 0. The highest BCUT2D eigenvalue weighted by atomic mass is 35.5. The van der Waals surface area contributed by atoms with Crippen LogP contribution >= 0.6 is 46.6 Å². The molecule has 18 heavy (non-hydrogen) atoms. The second-order valence-electron chi connectivity index (χ2n) is 3.19. The van der Waals surface area contributed by atoms with Crippen LogP contribution in [-0.4, -0.2) is 16.2 Å². The molecule has 0 fully saturated rings. The molecule has 0 spiro atoms. The Labute approximate surface area is 123 Å². The average Bonchev–Trinajstić information content (AvgIpc) is 2.33. The fourth-order valence-electron chi connectivity index (χ4n) is 1.19. The third-order valence-electron chi connectivity index (χ3n) is 1.94. The predicted octanol–water partition coefficient (Wildman–Crippen LogP) is 4.95. The van der Waals surface area contributed by atoms with Crippen LogP contribution in [0.2, 0.25) is 15.2 Å². The quantitative estimate of drug-likeness (QED) is 0.455. The van der Waals surface area contributed by atoms with Gasteiger partial charge in [-0.2, -0.15) is 4.98 Å². The van der Waals surface area contributed by atoms with Gasteiger partial charge in [0, 0.05) is 17.2 Å². The minimum absolute atomic E-state index is 0.308. The van der Waals surface area contributed by atoms with Gasteiger partial charge < -0.3 is 4.74 Å². The lowest BCUT2D eigenvalue weighted by Gasteiger charge is -2.08. The van der Waals surface area contributed by atoms with Crippen molar-refractivity contribution in [2.24, 2.45) is 0 Å². The molecule has 0 radical (unpaired) electrons. The van der Waals surface area contributed by atoms with Crippen LogP contribution in [0.3, 0.4) is 0 Å². The molecule has 0 amide bonds. The van der Waals surface area contributed by atoms with Gasteiger partial charge in [-0.15, -0.1) is 0 Å². The summed E-state index contributed by atoms with van der Waals surface area (Å²) >= 11 is 19.1. The van der Waals surface area contributed by atoms with Gasteiger partial charge >= 0.3 is 0 Å². The number of aromatic nitrogens is 2. The molecule has 1 aromatic heterocycles. The van der Waals surface area contributed by atoms with E-state index in [9.17, 15) is 0 Å². The monoisotopic (exact) mass is 320 g/mol. The molecule has 1 aromatic carbocycles. The van der Waals surface area contributed by atoms with Crippen molar-refractivity contribution < 1.29 is 4.74 Å². The van der Waals surface area contributed by atoms with Crippen LogP contribution < -0.4 is 4.74 Å². The fraction of sp³-hybridized carbons (Fsp3) is 0.0909. The number of hydrogen-bond acceptors (Lipinski definition) is 4. The van der Waals surface area contributed by atoms with Crippen molar-refractivity contribution in [2.45, 2.75) is 5.16 Å². The van der Waals surface area contributed by atoms with E-state index in [1.807, 2.05) is 6.26 Å². The van der Waals surface area contributed by atoms with Gasteiger partial charge in [0.1, 0.15) is 10.9 Å². The highest BCUT2D eigenvalue weighted by molar-refractivity contribution is 7.98. The Morgan fingerprint density at radius 3 is 2.61 bits per heavy atom. The molecule has 2 aromatic rings. The number of nitrogens with zero attached hydrogens (tertiary/aromatic N) is 2. The fourth-order valence-corrected chi connectivity index (χ4v) is 2.10. The molecule has 0 atom stereocenters. The summed E-state index contributed by atoms with van der Waals surface area (Å²) in [6.45, 7) is 0. The first-order chi connectivity index (χ1) is 8.58. The Morgan fingerprint density at radius 1 is 1.11 bits per heavy atom. The summed E-state index contributed by atoms with van der Waals surface area (Å²) in [6, 6.07) is 6.45. The van der Waals surface area contributed by atoms with Gasteiger partial charge in [-0.25, -0.2) is 4.98 Å². The highest BCUT2D eigenvalue weighted by Crippen LogP contribution is 2.32. The van der Waals surface area contributed by atoms with Gasteiger partial charge in [-0.1, -0.05) is 46.6 Å². The number of benzene rings is 1. The van der Waals surface area contributed by atoms with Gasteiger partial charge in [-0.3, -0.25) is 0 Å². The molecule has 2 rings (SSSR count). The Morgan fingerprint density at radius 2 is 1.89 bits per heavy atom.